The summed E-state index contributed by atoms with van der Waals surface area (Å²) < 4.78 is 10.6. The van der Waals surface area contributed by atoms with E-state index in [-0.39, 0.29) is 22.4 Å². The largest absolute Gasteiger partial charge is 0.493 e. The molecular weight excluding hydrogens is 328 g/mol. The van der Waals surface area contributed by atoms with E-state index in [9.17, 15) is 9.59 Å². The Labute approximate surface area is 146 Å². The van der Waals surface area contributed by atoms with Crippen LogP contribution in [0.2, 0.25) is 0 Å². The van der Waals surface area contributed by atoms with Crippen LogP contribution in [0.4, 0.5) is 0 Å². The fourth-order valence-electron chi connectivity index (χ4n) is 2.67. The van der Waals surface area contributed by atoms with Gasteiger partial charge in [0.15, 0.2) is 11.5 Å². The Morgan fingerprint density at radius 1 is 1.29 bits per heavy atom. The fourth-order valence-corrected chi connectivity index (χ4v) is 3.97. The molecule has 2 rings (SSSR count). The summed E-state index contributed by atoms with van der Waals surface area (Å²) in [4.78, 5) is 25.9. The van der Waals surface area contributed by atoms with Gasteiger partial charge in [-0.05, 0) is 31.5 Å². The molecule has 2 amide bonds. The van der Waals surface area contributed by atoms with Gasteiger partial charge in [-0.15, -0.1) is 11.8 Å². The standard InChI is InChI=1S/C17H24N2O4S/c1-5-18-15(20)8-9-19-16(21)11(2)24-17(19)12-6-7-13(22-3)14(10-12)23-4/h6-7,10-11,17H,5,8-9H2,1-4H3,(H,18,20)/t11-,17+/m1/s1. The second-order valence-electron chi connectivity index (χ2n) is 5.48. The molecule has 0 aromatic heterocycles. The summed E-state index contributed by atoms with van der Waals surface area (Å²) in [6.07, 6.45) is 0.302. The molecule has 7 heteroatoms. The van der Waals surface area contributed by atoms with Gasteiger partial charge >= 0.3 is 0 Å². The molecule has 0 radical (unpaired) electrons. The molecule has 0 aliphatic carbocycles. The lowest BCUT2D eigenvalue weighted by molar-refractivity contribution is -0.130. The third kappa shape index (κ3) is 3.95. The Balaban J connectivity index is 2.20. The van der Waals surface area contributed by atoms with E-state index in [0.29, 0.717) is 31.0 Å². The quantitative estimate of drug-likeness (QED) is 0.815. The molecule has 1 aliphatic heterocycles. The van der Waals surface area contributed by atoms with Gasteiger partial charge in [-0.1, -0.05) is 6.07 Å². The lowest BCUT2D eigenvalue weighted by Gasteiger charge is -2.24. The zero-order valence-corrected chi connectivity index (χ0v) is 15.3. The summed E-state index contributed by atoms with van der Waals surface area (Å²) in [5.41, 5.74) is 0.964. The van der Waals surface area contributed by atoms with Crippen molar-refractivity contribution in [2.45, 2.75) is 30.9 Å². The van der Waals surface area contributed by atoms with Gasteiger partial charge in [0.05, 0.1) is 19.5 Å². The number of benzene rings is 1. The Kier molecular flexibility index (Phi) is 6.36. The summed E-state index contributed by atoms with van der Waals surface area (Å²) in [6.45, 7) is 4.77. The Bertz CT molecular complexity index is 608. The lowest BCUT2D eigenvalue weighted by atomic mass is 10.1. The molecule has 2 atom stereocenters. The number of ether oxygens (including phenoxy) is 2. The van der Waals surface area contributed by atoms with Gasteiger partial charge in [-0.2, -0.15) is 0 Å². The highest BCUT2D eigenvalue weighted by molar-refractivity contribution is 8.01. The van der Waals surface area contributed by atoms with Gasteiger partial charge in [-0.3, -0.25) is 9.59 Å². The predicted octanol–water partition coefficient (Wildman–Crippen LogP) is 2.19. The monoisotopic (exact) mass is 352 g/mol. The number of carbonyl (C=O) groups is 2. The first-order chi connectivity index (χ1) is 11.5. The van der Waals surface area contributed by atoms with E-state index in [2.05, 4.69) is 5.32 Å². The second-order valence-corrected chi connectivity index (χ2v) is 6.91. The van der Waals surface area contributed by atoms with Crippen molar-refractivity contribution in [3.05, 3.63) is 23.8 Å². The highest BCUT2D eigenvalue weighted by Crippen LogP contribution is 2.44. The fraction of sp³-hybridized carbons (Fsp3) is 0.529. The summed E-state index contributed by atoms with van der Waals surface area (Å²) in [6, 6.07) is 5.66. The molecule has 0 unspecified atom stereocenters. The first kappa shape index (κ1) is 18.4. The molecular formula is C17H24N2O4S. The Hall–Kier alpha value is -1.89. The van der Waals surface area contributed by atoms with E-state index < -0.39 is 0 Å². The summed E-state index contributed by atoms with van der Waals surface area (Å²) >= 11 is 1.58. The van der Waals surface area contributed by atoms with Crippen LogP contribution in [0.3, 0.4) is 0 Å². The van der Waals surface area contributed by atoms with Crippen molar-refractivity contribution in [3.63, 3.8) is 0 Å². The van der Waals surface area contributed by atoms with Crippen LogP contribution >= 0.6 is 11.8 Å². The third-order valence-electron chi connectivity index (χ3n) is 3.89. The molecule has 1 N–H and O–H groups in total. The zero-order valence-electron chi connectivity index (χ0n) is 14.5. The van der Waals surface area contributed by atoms with Crippen molar-refractivity contribution in [2.24, 2.45) is 0 Å². The van der Waals surface area contributed by atoms with Crippen molar-refractivity contribution in [1.82, 2.24) is 10.2 Å². The van der Waals surface area contributed by atoms with Gasteiger partial charge in [-0.25, -0.2) is 0 Å². The van der Waals surface area contributed by atoms with Crippen LogP contribution in [0.5, 0.6) is 11.5 Å². The Morgan fingerprint density at radius 3 is 2.62 bits per heavy atom. The first-order valence-corrected chi connectivity index (χ1v) is 8.90. The average Bonchev–Trinajstić information content (AvgIpc) is 2.87. The maximum Gasteiger partial charge on any atom is 0.236 e. The van der Waals surface area contributed by atoms with Crippen LogP contribution in [0, 0.1) is 0 Å². The van der Waals surface area contributed by atoms with Crippen LogP contribution in [-0.2, 0) is 9.59 Å². The maximum atomic E-state index is 12.5. The SMILES string of the molecule is CCNC(=O)CCN1C(=O)[C@@H](C)S[C@H]1c1ccc(OC)c(OC)c1. The second kappa shape index (κ2) is 8.28. The summed E-state index contributed by atoms with van der Waals surface area (Å²) in [5.74, 6) is 1.30. The van der Waals surface area contributed by atoms with E-state index in [1.807, 2.05) is 32.0 Å². The molecule has 0 spiro atoms. The molecule has 0 bridgehead atoms. The number of nitrogens with one attached hydrogen (secondary N) is 1. The minimum atomic E-state index is -0.127. The van der Waals surface area contributed by atoms with E-state index in [1.54, 1.807) is 30.9 Å². The first-order valence-electron chi connectivity index (χ1n) is 7.96. The minimum Gasteiger partial charge on any atom is -0.493 e. The number of rotatable bonds is 7. The lowest BCUT2D eigenvalue weighted by Crippen LogP contribution is -2.34. The molecule has 1 aliphatic rings. The predicted molar refractivity (Wildman–Crippen MR) is 94.4 cm³/mol. The van der Waals surface area contributed by atoms with Crippen LogP contribution in [0.25, 0.3) is 0 Å². The van der Waals surface area contributed by atoms with Crippen LogP contribution < -0.4 is 14.8 Å². The van der Waals surface area contributed by atoms with Crippen molar-refractivity contribution >= 4 is 23.6 Å². The molecule has 24 heavy (non-hydrogen) atoms. The molecule has 1 fully saturated rings. The molecule has 6 nitrogen and oxygen atoms in total. The van der Waals surface area contributed by atoms with E-state index in [1.165, 1.54) is 0 Å². The summed E-state index contributed by atoms with van der Waals surface area (Å²) in [7, 11) is 3.18. The van der Waals surface area contributed by atoms with Gasteiger partial charge < -0.3 is 19.7 Å². The van der Waals surface area contributed by atoms with E-state index in [4.69, 9.17) is 9.47 Å². The number of thioether (sulfide) groups is 1. The van der Waals surface area contributed by atoms with E-state index in [0.717, 1.165) is 5.56 Å². The van der Waals surface area contributed by atoms with Crippen LogP contribution in [-0.4, -0.2) is 49.3 Å². The molecule has 132 valence electrons. The van der Waals surface area contributed by atoms with Gasteiger partial charge in [0.25, 0.3) is 0 Å². The number of hydrogen-bond acceptors (Lipinski definition) is 5. The smallest absolute Gasteiger partial charge is 0.236 e. The van der Waals surface area contributed by atoms with Gasteiger partial charge in [0.1, 0.15) is 5.37 Å². The highest BCUT2D eigenvalue weighted by atomic mass is 32.2. The molecule has 0 saturated carbocycles. The normalized spacial score (nSPS) is 20.2. The number of amides is 2. The van der Waals surface area contributed by atoms with Crippen LogP contribution in [0.1, 0.15) is 31.2 Å². The highest BCUT2D eigenvalue weighted by Gasteiger charge is 2.38. The number of hydrogen-bond donors (Lipinski definition) is 1. The number of nitrogens with zero attached hydrogens (tertiary/aromatic N) is 1. The van der Waals surface area contributed by atoms with Crippen molar-refractivity contribution in [2.75, 3.05) is 27.3 Å². The molecule has 1 heterocycles. The van der Waals surface area contributed by atoms with Crippen molar-refractivity contribution in [3.8, 4) is 11.5 Å². The third-order valence-corrected chi connectivity index (χ3v) is 5.29. The Morgan fingerprint density at radius 2 is 2.00 bits per heavy atom. The minimum absolute atomic E-state index is 0.0408. The molecule has 1 aromatic rings. The zero-order chi connectivity index (χ0) is 17.7. The van der Waals surface area contributed by atoms with Crippen LogP contribution in [0.15, 0.2) is 18.2 Å². The van der Waals surface area contributed by atoms with Gasteiger partial charge in [0, 0.05) is 19.5 Å². The summed E-state index contributed by atoms with van der Waals surface area (Å²) in [5, 5.41) is 2.51. The average molecular weight is 352 g/mol. The van der Waals surface area contributed by atoms with Crippen molar-refractivity contribution in [1.29, 1.82) is 0 Å². The molecule has 1 aromatic carbocycles. The molecule has 1 saturated heterocycles. The maximum absolute atomic E-state index is 12.5. The van der Waals surface area contributed by atoms with Gasteiger partial charge in [0.2, 0.25) is 11.8 Å². The van der Waals surface area contributed by atoms with E-state index >= 15 is 0 Å². The van der Waals surface area contributed by atoms with Crippen molar-refractivity contribution < 1.29 is 19.1 Å². The number of methoxy groups -OCH3 is 2. The topological polar surface area (TPSA) is 67.9 Å². The number of carbonyl (C=O) groups excluding carboxylic acids is 2.